The maximum Gasteiger partial charge on any atom is 0.170 e. The van der Waals surface area contributed by atoms with Crippen LogP contribution >= 0.6 is 23.8 Å². The minimum Gasteiger partial charge on any atom is -0.361 e. The van der Waals surface area contributed by atoms with Crippen molar-refractivity contribution in [1.82, 2.24) is 10.2 Å². The minimum absolute atomic E-state index is 0.482. The van der Waals surface area contributed by atoms with Gasteiger partial charge in [0.05, 0.1) is 0 Å². The number of benzene rings is 1. The Hall–Kier alpha value is -0.840. The van der Waals surface area contributed by atoms with E-state index in [4.69, 9.17) is 23.8 Å². The molecule has 5 heteroatoms. The van der Waals surface area contributed by atoms with Gasteiger partial charge in [0.1, 0.15) is 0 Å². The van der Waals surface area contributed by atoms with Crippen LogP contribution < -0.4 is 10.6 Å². The fourth-order valence-corrected chi connectivity index (χ4v) is 3.41. The third-order valence-corrected chi connectivity index (χ3v) is 5.15. The van der Waals surface area contributed by atoms with Crippen molar-refractivity contribution < 1.29 is 0 Å². The highest BCUT2D eigenvalue weighted by atomic mass is 35.5. The van der Waals surface area contributed by atoms with Gasteiger partial charge in [-0.05, 0) is 70.1 Å². The first kappa shape index (κ1) is 17.5. The van der Waals surface area contributed by atoms with E-state index in [2.05, 4.69) is 29.4 Å². The Morgan fingerprint density at radius 3 is 2.95 bits per heavy atom. The number of likely N-dealkylation sites (tertiary alicyclic amines) is 1. The van der Waals surface area contributed by atoms with Crippen LogP contribution in [0.25, 0.3) is 0 Å². The number of hydrogen-bond donors (Lipinski definition) is 2. The summed E-state index contributed by atoms with van der Waals surface area (Å²) in [5.41, 5.74) is 1.98. The maximum atomic E-state index is 6.13. The van der Waals surface area contributed by atoms with Gasteiger partial charge < -0.3 is 10.6 Å². The second-order valence-corrected chi connectivity index (χ2v) is 6.99. The summed E-state index contributed by atoms with van der Waals surface area (Å²) in [5, 5.41) is 7.98. The van der Waals surface area contributed by atoms with Crippen molar-refractivity contribution in [2.75, 3.05) is 18.4 Å². The van der Waals surface area contributed by atoms with E-state index in [-0.39, 0.29) is 0 Å². The monoisotopic (exact) mass is 339 g/mol. The molecule has 22 heavy (non-hydrogen) atoms. The van der Waals surface area contributed by atoms with E-state index in [1.165, 1.54) is 25.8 Å². The Morgan fingerprint density at radius 1 is 1.45 bits per heavy atom. The van der Waals surface area contributed by atoms with Gasteiger partial charge in [0, 0.05) is 29.3 Å². The van der Waals surface area contributed by atoms with Gasteiger partial charge in [-0.25, -0.2) is 0 Å². The van der Waals surface area contributed by atoms with Crippen molar-refractivity contribution >= 4 is 34.6 Å². The number of hydrogen-bond acceptors (Lipinski definition) is 2. The first-order chi connectivity index (χ1) is 10.5. The molecule has 0 spiro atoms. The van der Waals surface area contributed by atoms with Crippen LogP contribution in [0, 0.1) is 6.92 Å². The number of anilines is 1. The lowest BCUT2D eigenvalue weighted by Crippen LogP contribution is -2.49. The molecule has 0 saturated carbocycles. The van der Waals surface area contributed by atoms with Crippen LogP contribution in [0.5, 0.6) is 0 Å². The van der Waals surface area contributed by atoms with Crippen LogP contribution in [0.3, 0.4) is 0 Å². The zero-order chi connectivity index (χ0) is 16.1. The average Bonchev–Trinajstić information content (AvgIpc) is 2.50. The molecule has 2 atom stereocenters. The van der Waals surface area contributed by atoms with E-state index in [9.17, 15) is 0 Å². The first-order valence-electron chi connectivity index (χ1n) is 8.04. The van der Waals surface area contributed by atoms with E-state index < -0.39 is 0 Å². The molecule has 2 rings (SSSR count). The van der Waals surface area contributed by atoms with Gasteiger partial charge >= 0.3 is 0 Å². The largest absolute Gasteiger partial charge is 0.361 e. The molecule has 0 aromatic heterocycles. The summed E-state index contributed by atoms with van der Waals surface area (Å²) >= 11 is 11.5. The predicted octanol–water partition coefficient (Wildman–Crippen LogP) is 4.20. The van der Waals surface area contributed by atoms with E-state index >= 15 is 0 Å². The Morgan fingerprint density at radius 2 is 2.23 bits per heavy atom. The molecule has 1 aliphatic rings. The van der Waals surface area contributed by atoms with Crippen molar-refractivity contribution in [2.45, 2.75) is 52.1 Å². The minimum atomic E-state index is 0.482. The van der Waals surface area contributed by atoms with Crippen LogP contribution in [-0.4, -0.2) is 35.2 Å². The van der Waals surface area contributed by atoms with Gasteiger partial charge in [-0.2, -0.15) is 0 Å². The fourth-order valence-electron chi connectivity index (χ4n) is 3.04. The van der Waals surface area contributed by atoms with Crippen molar-refractivity contribution in [1.29, 1.82) is 0 Å². The quantitative estimate of drug-likeness (QED) is 0.804. The standard InChI is InChI=1S/C17H26ClN3S/c1-12-7-4-5-10-21(12)13(2)11-19-17(22)20-16-9-6-8-15(18)14(16)3/h6,8-9,12-13H,4-5,7,10-11H2,1-3H3,(H2,19,20,22)/t12-,13+/m1/s1. The van der Waals surface area contributed by atoms with Gasteiger partial charge in [-0.15, -0.1) is 0 Å². The molecule has 0 radical (unpaired) electrons. The molecular weight excluding hydrogens is 314 g/mol. The molecule has 1 aromatic carbocycles. The first-order valence-corrected chi connectivity index (χ1v) is 8.83. The number of thiocarbonyl (C=S) groups is 1. The normalized spacial score (nSPS) is 20.5. The van der Waals surface area contributed by atoms with E-state index in [0.717, 1.165) is 22.8 Å². The molecule has 0 amide bonds. The second-order valence-electron chi connectivity index (χ2n) is 6.18. The lowest BCUT2D eigenvalue weighted by molar-refractivity contribution is 0.116. The van der Waals surface area contributed by atoms with Gasteiger partial charge in [0.2, 0.25) is 0 Å². The summed E-state index contributed by atoms with van der Waals surface area (Å²) < 4.78 is 0. The summed E-state index contributed by atoms with van der Waals surface area (Å²) in [7, 11) is 0. The molecule has 3 nitrogen and oxygen atoms in total. The number of nitrogens with one attached hydrogen (secondary N) is 2. The molecule has 0 bridgehead atoms. The number of piperidine rings is 1. The smallest absolute Gasteiger partial charge is 0.170 e. The van der Waals surface area contributed by atoms with Crippen molar-refractivity contribution in [3.05, 3.63) is 28.8 Å². The fraction of sp³-hybridized carbons (Fsp3) is 0.588. The van der Waals surface area contributed by atoms with E-state index in [1.807, 2.05) is 25.1 Å². The molecule has 1 fully saturated rings. The molecule has 1 heterocycles. The number of halogens is 1. The van der Waals surface area contributed by atoms with Gasteiger partial charge in [-0.1, -0.05) is 24.1 Å². The van der Waals surface area contributed by atoms with Gasteiger partial charge in [-0.3, -0.25) is 4.90 Å². The van der Waals surface area contributed by atoms with Crippen LogP contribution in [0.2, 0.25) is 5.02 Å². The molecule has 1 aromatic rings. The molecule has 0 unspecified atom stereocenters. The third kappa shape index (κ3) is 4.58. The average molecular weight is 340 g/mol. The van der Waals surface area contributed by atoms with Gasteiger partial charge in [0.25, 0.3) is 0 Å². The number of rotatable bonds is 4. The van der Waals surface area contributed by atoms with Crippen LogP contribution in [0.1, 0.15) is 38.7 Å². The summed E-state index contributed by atoms with van der Waals surface area (Å²) in [6.45, 7) is 8.63. The Bertz CT molecular complexity index is 521. The lowest BCUT2D eigenvalue weighted by Gasteiger charge is -2.38. The summed E-state index contributed by atoms with van der Waals surface area (Å²) in [6.07, 6.45) is 3.96. The second kappa shape index (κ2) is 8.14. The molecular formula is C17H26ClN3S. The number of nitrogens with zero attached hydrogens (tertiary/aromatic N) is 1. The molecule has 122 valence electrons. The Labute approximate surface area is 144 Å². The highest BCUT2D eigenvalue weighted by molar-refractivity contribution is 7.80. The summed E-state index contributed by atoms with van der Waals surface area (Å²) in [5.74, 6) is 0. The van der Waals surface area contributed by atoms with Crippen LogP contribution in [0.15, 0.2) is 18.2 Å². The van der Waals surface area contributed by atoms with Crippen molar-refractivity contribution in [3.63, 3.8) is 0 Å². The lowest BCUT2D eigenvalue weighted by atomic mass is 10.0. The summed E-state index contributed by atoms with van der Waals surface area (Å²) in [6, 6.07) is 6.96. The molecule has 0 aliphatic carbocycles. The van der Waals surface area contributed by atoms with Crippen LogP contribution in [0.4, 0.5) is 5.69 Å². The van der Waals surface area contributed by atoms with E-state index in [0.29, 0.717) is 17.2 Å². The summed E-state index contributed by atoms with van der Waals surface area (Å²) in [4.78, 5) is 2.57. The van der Waals surface area contributed by atoms with Gasteiger partial charge in [0.15, 0.2) is 5.11 Å². The van der Waals surface area contributed by atoms with Crippen molar-refractivity contribution in [3.8, 4) is 0 Å². The Balaban J connectivity index is 1.83. The van der Waals surface area contributed by atoms with Crippen LogP contribution in [-0.2, 0) is 0 Å². The molecule has 2 N–H and O–H groups in total. The third-order valence-electron chi connectivity index (χ3n) is 4.49. The van der Waals surface area contributed by atoms with Crippen molar-refractivity contribution in [2.24, 2.45) is 0 Å². The SMILES string of the molecule is Cc1c(Cl)cccc1NC(=S)NC[C@H](C)N1CCCC[C@H]1C. The zero-order valence-corrected chi connectivity index (χ0v) is 15.2. The Kier molecular flexibility index (Phi) is 6.48. The maximum absolute atomic E-state index is 6.13. The highest BCUT2D eigenvalue weighted by Gasteiger charge is 2.22. The highest BCUT2D eigenvalue weighted by Crippen LogP contribution is 2.23. The zero-order valence-electron chi connectivity index (χ0n) is 13.7. The predicted molar refractivity (Wildman–Crippen MR) is 99.9 cm³/mol. The van der Waals surface area contributed by atoms with E-state index in [1.54, 1.807) is 0 Å². The molecule has 1 saturated heterocycles. The molecule has 1 aliphatic heterocycles. The topological polar surface area (TPSA) is 27.3 Å².